The lowest BCUT2D eigenvalue weighted by Crippen LogP contribution is -2.02. The summed E-state index contributed by atoms with van der Waals surface area (Å²) in [5, 5.41) is 0.417. The molecular formula is C55H53BF4O3P-. The molecule has 0 saturated carbocycles. The van der Waals surface area contributed by atoms with Crippen LogP contribution in [-0.2, 0) is 14.4 Å². The molecule has 0 amide bonds. The Hall–Kier alpha value is -7.02. The number of benzene rings is 6. The highest BCUT2D eigenvalue weighted by atomic mass is 31.0. The van der Waals surface area contributed by atoms with Crippen molar-refractivity contribution in [2.45, 2.75) is 25.9 Å². The zero-order chi connectivity index (χ0) is 46.9. The maximum Gasteiger partial charge on any atom is 0.673 e. The predicted molar refractivity (Wildman–Crippen MR) is 268 cm³/mol. The highest BCUT2D eigenvalue weighted by molar-refractivity contribution is 7.18. The Morgan fingerprint density at radius 2 is 0.453 bits per heavy atom. The normalized spacial score (nSPS) is 11.2. The van der Waals surface area contributed by atoms with Crippen molar-refractivity contribution in [3.8, 4) is 0 Å². The third kappa shape index (κ3) is 31.8. The number of hydrogen-bond donors (Lipinski definition) is 0. The lowest BCUT2D eigenvalue weighted by Gasteiger charge is -2.05. The van der Waals surface area contributed by atoms with Crippen molar-refractivity contribution in [3.63, 3.8) is 0 Å². The molecule has 6 rings (SSSR count). The first-order valence-electron chi connectivity index (χ1n) is 20.2. The van der Waals surface area contributed by atoms with Crippen LogP contribution in [-0.4, -0.2) is 29.8 Å². The van der Waals surface area contributed by atoms with Crippen LogP contribution in [0.3, 0.4) is 0 Å². The second kappa shape index (κ2) is 30.9. The van der Waals surface area contributed by atoms with E-state index in [9.17, 15) is 31.6 Å². The Morgan fingerprint density at radius 3 is 0.562 bits per heavy atom. The van der Waals surface area contributed by atoms with Crippen LogP contribution < -0.4 is 0 Å². The Balaban J connectivity index is 0.000000298. The number of carbonyl (C=O) groups is 3. The van der Waals surface area contributed by atoms with Gasteiger partial charge in [-0.15, -0.1) is 9.24 Å². The second-order valence-corrected chi connectivity index (χ2v) is 16.3. The van der Waals surface area contributed by atoms with Crippen molar-refractivity contribution in [2.75, 3.05) is 0 Å². The molecule has 0 fully saturated rings. The summed E-state index contributed by atoms with van der Waals surface area (Å²) in [5.74, 6) is -0.0341. The maximum absolute atomic E-state index is 11.6. The minimum Gasteiger partial charge on any atom is -0.418 e. The molecule has 6 aromatic rings. The van der Waals surface area contributed by atoms with Crippen molar-refractivity contribution in [1.82, 2.24) is 0 Å². The Bertz CT molecular complexity index is 1960. The van der Waals surface area contributed by atoms with Gasteiger partial charge in [0.05, 0.1) is 0 Å². The first-order valence-corrected chi connectivity index (χ1v) is 20.8. The number of hydrogen-bond acceptors (Lipinski definition) is 3. The zero-order valence-corrected chi connectivity index (χ0v) is 37.3. The summed E-state index contributed by atoms with van der Waals surface area (Å²) in [7, 11) is -3.28. The van der Waals surface area contributed by atoms with E-state index in [2.05, 4.69) is 30.0 Å². The summed E-state index contributed by atoms with van der Waals surface area (Å²) in [6.07, 6.45) is 20.4. The average Bonchev–Trinajstić information content (AvgIpc) is 3.29. The Kier molecular flexibility index (Phi) is 25.7. The summed E-state index contributed by atoms with van der Waals surface area (Å²) in [5.41, 5.74) is 6.16. The van der Waals surface area contributed by atoms with Crippen LogP contribution in [0.4, 0.5) is 17.3 Å². The summed E-state index contributed by atoms with van der Waals surface area (Å²) >= 11 is 0. The van der Waals surface area contributed by atoms with Crippen LogP contribution in [0.25, 0.3) is 36.5 Å². The summed E-state index contributed by atoms with van der Waals surface area (Å²) in [6.45, 7) is 6.45. The molecule has 0 radical (unpaired) electrons. The Labute approximate surface area is 378 Å². The second-order valence-electron chi connectivity index (χ2n) is 14.5. The van der Waals surface area contributed by atoms with E-state index in [1.165, 1.54) is 0 Å². The van der Waals surface area contributed by atoms with Gasteiger partial charge in [0.1, 0.15) is 0 Å². The van der Waals surface area contributed by atoms with Crippen LogP contribution in [0.1, 0.15) is 54.2 Å². The summed E-state index contributed by atoms with van der Waals surface area (Å²) < 4.78 is 39.0. The van der Waals surface area contributed by atoms with Gasteiger partial charge in [0.25, 0.3) is 0 Å². The van der Waals surface area contributed by atoms with Gasteiger partial charge in [-0.3, -0.25) is 14.4 Å². The SMILES string of the molecule is CC(C)(C)P.F[B-](F)(F)F.O=C(C=Cc1ccccc1)C=Cc1ccccc1.O=C(C=Cc1ccccc1)C=Cc1ccccc1.O=C(C=Cc1ccccc1)C=Cc1ccccc1. The van der Waals surface area contributed by atoms with Gasteiger partial charge >= 0.3 is 7.25 Å². The summed E-state index contributed by atoms with van der Waals surface area (Å²) in [6, 6.07) is 58.7. The van der Waals surface area contributed by atoms with Crippen LogP contribution in [0.15, 0.2) is 218 Å². The minimum absolute atomic E-state index is 0.0114. The smallest absolute Gasteiger partial charge is 0.418 e. The molecule has 0 aromatic heterocycles. The largest absolute Gasteiger partial charge is 0.673 e. The predicted octanol–water partition coefficient (Wildman–Crippen LogP) is 14.9. The van der Waals surface area contributed by atoms with E-state index < -0.39 is 7.25 Å². The highest BCUT2D eigenvalue weighted by Gasteiger charge is 2.20. The molecule has 0 saturated heterocycles. The van der Waals surface area contributed by atoms with Crippen molar-refractivity contribution in [3.05, 3.63) is 252 Å². The number of ketones is 3. The molecular weight excluding hydrogens is 826 g/mol. The molecule has 0 heterocycles. The van der Waals surface area contributed by atoms with E-state index >= 15 is 0 Å². The topological polar surface area (TPSA) is 51.2 Å². The molecule has 0 spiro atoms. The molecule has 6 aromatic carbocycles. The molecule has 0 aliphatic heterocycles. The van der Waals surface area contributed by atoms with Gasteiger partial charge in [0, 0.05) is 0 Å². The average molecular weight is 880 g/mol. The van der Waals surface area contributed by atoms with Gasteiger partial charge in [-0.2, -0.15) is 0 Å². The number of halogens is 4. The quantitative estimate of drug-likeness (QED) is 0.0533. The van der Waals surface area contributed by atoms with Gasteiger partial charge in [-0.05, 0) is 75.0 Å². The molecule has 64 heavy (non-hydrogen) atoms. The first-order chi connectivity index (χ1) is 30.5. The standard InChI is InChI=1S/3C17H14O.C4H11P.BF4/c3*18-17(13-11-15-7-3-1-4-8-15)14-12-16-9-5-2-6-10-16;1-4(2,3)5;2-1(3,4)5/h3*1-14H;5H2,1-3H3;/q;;;;-1. The van der Waals surface area contributed by atoms with Crippen LogP contribution >= 0.6 is 9.24 Å². The Morgan fingerprint density at radius 1 is 0.344 bits per heavy atom. The summed E-state index contributed by atoms with van der Waals surface area (Å²) in [4.78, 5) is 34.8. The van der Waals surface area contributed by atoms with Gasteiger partial charge in [0.2, 0.25) is 0 Å². The van der Waals surface area contributed by atoms with Crippen LogP contribution in [0.5, 0.6) is 0 Å². The zero-order valence-electron chi connectivity index (χ0n) is 36.1. The minimum atomic E-state index is -6.00. The molecule has 1 atom stereocenters. The van der Waals surface area contributed by atoms with E-state index in [1.54, 1.807) is 36.5 Å². The molecule has 328 valence electrons. The van der Waals surface area contributed by atoms with Gasteiger partial charge in [0.15, 0.2) is 17.3 Å². The van der Waals surface area contributed by atoms with Crippen molar-refractivity contribution in [2.24, 2.45) is 0 Å². The van der Waals surface area contributed by atoms with Gasteiger partial charge < -0.3 is 17.3 Å². The highest BCUT2D eigenvalue weighted by Crippen LogP contribution is 2.12. The van der Waals surface area contributed by atoms with Crippen molar-refractivity contribution in [1.29, 1.82) is 0 Å². The molecule has 0 aliphatic rings. The van der Waals surface area contributed by atoms with Crippen LogP contribution in [0.2, 0.25) is 0 Å². The molecule has 0 aliphatic carbocycles. The van der Waals surface area contributed by atoms with E-state index in [0.29, 0.717) is 5.16 Å². The lowest BCUT2D eigenvalue weighted by atomic mass is 10.1. The molecule has 0 bridgehead atoms. The van der Waals surface area contributed by atoms with Gasteiger partial charge in [-0.25, -0.2) is 0 Å². The number of rotatable bonds is 12. The molecule has 1 unspecified atom stereocenters. The van der Waals surface area contributed by atoms with E-state index in [1.807, 2.05) is 218 Å². The number of carbonyl (C=O) groups excluding carboxylic acids is 3. The fourth-order valence-corrected chi connectivity index (χ4v) is 4.62. The molecule has 3 nitrogen and oxygen atoms in total. The van der Waals surface area contributed by atoms with E-state index in [-0.39, 0.29) is 17.3 Å². The van der Waals surface area contributed by atoms with Crippen molar-refractivity contribution < 1.29 is 31.6 Å². The fourth-order valence-electron chi connectivity index (χ4n) is 4.62. The third-order valence-corrected chi connectivity index (χ3v) is 7.44. The lowest BCUT2D eigenvalue weighted by molar-refractivity contribution is -0.111. The van der Waals surface area contributed by atoms with E-state index in [4.69, 9.17) is 0 Å². The fraction of sp³-hybridized carbons (Fsp3) is 0.0727. The van der Waals surface area contributed by atoms with Gasteiger partial charge in [-0.1, -0.05) is 239 Å². The molecule has 9 heteroatoms. The van der Waals surface area contributed by atoms with E-state index in [0.717, 1.165) is 33.4 Å². The first kappa shape index (κ1) is 53.1. The monoisotopic (exact) mass is 879 g/mol. The maximum atomic E-state index is 11.6. The molecule has 0 N–H and O–H groups in total. The number of allylic oxidation sites excluding steroid dienone is 6. The van der Waals surface area contributed by atoms with Crippen LogP contribution in [0, 0.1) is 0 Å². The third-order valence-electron chi connectivity index (χ3n) is 7.44. The van der Waals surface area contributed by atoms with Crippen molar-refractivity contribution >= 4 is 70.3 Å².